The van der Waals surface area contributed by atoms with Gasteiger partial charge in [0, 0.05) is 5.41 Å². The number of hydrogen-bond acceptors (Lipinski definition) is 6. The van der Waals surface area contributed by atoms with Crippen molar-refractivity contribution in [2.24, 2.45) is 5.73 Å². The Hall–Kier alpha value is -2.15. The summed E-state index contributed by atoms with van der Waals surface area (Å²) < 4.78 is 10.3. The standard InChI is InChI=1S/C14H20N4O3/c1-8(12-17-13(18-21-12)14(2,3)4)16-11(19)9-5-10(6-15)20-7-9/h5,7-8H,6,15H2,1-4H3,(H,16,19). The van der Waals surface area contributed by atoms with Crippen molar-refractivity contribution < 1.29 is 13.7 Å². The number of nitrogens with two attached hydrogens (primary N) is 1. The topological polar surface area (TPSA) is 107 Å². The van der Waals surface area contributed by atoms with Gasteiger partial charge in [-0.25, -0.2) is 0 Å². The van der Waals surface area contributed by atoms with Gasteiger partial charge in [0.25, 0.3) is 5.91 Å². The van der Waals surface area contributed by atoms with E-state index in [1.807, 2.05) is 20.8 Å². The lowest BCUT2D eigenvalue weighted by atomic mass is 9.96. The molecule has 7 heteroatoms. The summed E-state index contributed by atoms with van der Waals surface area (Å²) in [5, 5.41) is 6.71. The number of hydrogen-bond donors (Lipinski definition) is 2. The van der Waals surface area contributed by atoms with E-state index in [0.717, 1.165) is 0 Å². The minimum absolute atomic E-state index is 0.202. The summed E-state index contributed by atoms with van der Waals surface area (Å²) >= 11 is 0. The first-order valence-corrected chi connectivity index (χ1v) is 6.73. The first-order chi connectivity index (χ1) is 9.81. The number of amides is 1. The maximum absolute atomic E-state index is 12.1. The minimum Gasteiger partial charge on any atom is -0.467 e. The van der Waals surface area contributed by atoms with Gasteiger partial charge in [0.15, 0.2) is 5.82 Å². The van der Waals surface area contributed by atoms with E-state index in [2.05, 4.69) is 15.5 Å². The molecule has 3 N–H and O–H groups in total. The molecule has 21 heavy (non-hydrogen) atoms. The normalized spacial score (nSPS) is 13.2. The van der Waals surface area contributed by atoms with Gasteiger partial charge in [-0.3, -0.25) is 4.79 Å². The maximum Gasteiger partial charge on any atom is 0.255 e. The predicted molar refractivity (Wildman–Crippen MR) is 75.5 cm³/mol. The molecule has 0 spiro atoms. The molecule has 2 aromatic rings. The van der Waals surface area contributed by atoms with Gasteiger partial charge in [0.2, 0.25) is 5.89 Å². The number of nitrogens with one attached hydrogen (secondary N) is 1. The molecule has 2 rings (SSSR count). The fourth-order valence-corrected chi connectivity index (χ4v) is 1.66. The van der Waals surface area contributed by atoms with Crippen LogP contribution < -0.4 is 11.1 Å². The zero-order valence-electron chi connectivity index (χ0n) is 12.6. The van der Waals surface area contributed by atoms with Gasteiger partial charge in [0.05, 0.1) is 12.1 Å². The smallest absolute Gasteiger partial charge is 0.255 e. The highest BCUT2D eigenvalue weighted by molar-refractivity contribution is 5.94. The Morgan fingerprint density at radius 3 is 2.71 bits per heavy atom. The summed E-state index contributed by atoms with van der Waals surface area (Å²) in [5.41, 5.74) is 5.65. The third-order valence-corrected chi connectivity index (χ3v) is 2.95. The summed E-state index contributed by atoms with van der Waals surface area (Å²) in [6.45, 7) is 8.00. The highest BCUT2D eigenvalue weighted by atomic mass is 16.5. The Bertz CT molecular complexity index is 624. The Balaban J connectivity index is 2.05. The molecule has 0 bridgehead atoms. The van der Waals surface area contributed by atoms with E-state index in [-0.39, 0.29) is 17.9 Å². The highest BCUT2D eigenvalue weighted by Gasteiger charge is 2.24. The summed E-state index contributed by atoms with van der Waals surface area (Å²) in [4.78, 5) is 16.4. The highest BCUT2D eigenvalue weighted by Crippen LogP contribution is 2.21. The molecule has 7 nitrogen and oxygen atoms in total. The van der Waals surface area contributed by atoms with Crippen molar-refractivity contribution in [2.75, 3.05) is 0 Å². The molecule has 0 aromatic carbocycles. The van der Waals surface area contributed by atoms with Crippen LogP contribution in [0, 0.1) is 0 Å². The van der Waals surface area contributed by atoms with Crippen molar-refractivity contribution >= 4 is 5.91 Å². The first-order valence-electron chi connectivity index (χ1n) is 6.73. The van der Waals surface area contributed by atoms with Crippen molar-refractivity contribution in [2.45, 2.75) is 45.7 Å². The predicted octanol–water partition coefficient (Wildman–Crippen LogP) is 1.91. The maximum atomic E-state index is 12.1. The van der Waals surface area contributed by atoms with Crippen molar-refractivity contribution in [3.8, 4) is 0 Å². The molecule has 114 valence electrons. The van der Waals surface area contributed by atoms with Gasteiger partial charge in [-0.05, 0) is 13.0 Å². The molecule has 0 saturated carbocycles. The van der Waals surface area contributed by atoms with E-state index in [9.17, 15) is 4.79 Å². The molecule has 1 atom stereocenters. The molecule has 2 heterocycles. The molecular weight excluding hydrogens is 272 g/mol. The summed E-state index contributed by atoms with van der Waals surface area (Å²) in [5.74, 6) is 1.25. The summed E-state index contributed by atoms with van der Waals surface area (Å²) in [6.07, 6.45) is 1.37. The van der Waals surface area contributed by atoms with Gasteiger partial charge in [-0.15, -0.1) is 0 Å². The van der Waals surface area contributed by atoms with E-state index in [1.54, 1.807) is 13.0 Å². The third kappa shape index (κ3) is 3.49. The van der Waals surface area contributed by atoms with Crippen LogP contribution in [0.25, 0.3) is 0 Å². The number of aromatic nitrogens is 2. The summed E-state index contributed by atoms with van der Waals surface area (Å²) in [6, 6.07) is 1.22. The van der Waals surface area contributed by atoms with Crippen molar-refractivity contribution in [3.05, 3.63) is 35.4 Å². The van der Waals surface area contributed by atoms with Crippen LogP contribution in [0.1, 0.15) is 61.6 Å². The van der Waals surface area contributed by atoms with Crippen molar-refractivity contribution in [1.29, 1.82) is 0 Å². The molecule has 0 aliphatic rings. The Labute approximate surface area is 122 Å². The van der Waals surface area contributed by atoms with Gasteiger partial charge < -0.3 is 20.0 Å². The molecular formula is C14H20N4O3. The van der Waals surface area contributed by atoms with Crippen LogP contribution in [-0.4, -0.2) is 16.0 Å². The second-order valence-electron chi connectivity index (χ2n) is 5.91. The molecule has 1 amide bonds. The number of carbonyl (C=O) groups excluding carboxylic acids is 1. The van der Waals surface area contributed by atoms with E-state index in [0.29, 0.717) is 23.0 Å². The van der Waals surface area contributed by atoms with E-state index in [1.165, 1.54) is 6.26 Å². The van der Waals surface area contributed by atoms with Gasteiger partial charge in [0.1, 0.15) is 18.1 Å². The van der Waals surface area contributed by atoms with Gasteiger partial charge in [-0.1, -0.05) is 25.9 Å². The Morgan fingerprint density at radius 1 is 1.48 bits per heavy atom. The number of rotatable bonds is 4. The summed E-state index contributed by atoms with van der Waals surface area (Å²) in [7, 11) is 0. The largest absolute Gasteiger partial charge is 0.467 e. The molecule has 0 saturated heterocycles. The van der Waals surface area contributed by atoms with E-state index >= 15 is 0 Å². The van der Waals surface area contributed by atoms with Crippen LogP contribution in [0.4, 0.5) is 0 Å². The zero-order valence-corrected chi connectivity index (χ0v) is 12.6. The number of carbonyl (C=O) groups is 1. The monoisotopic (exact) mass is 292 g/mol. The zero-order chi connectivity index (χ0) is 15.6. The fraction of sp³-hybridized carbons (Fsp3) is 0.500. The van der Waals surface area contributed by atoms with Crippen LogP contribution in [0.5, 0.6) is 0 Å². The van der Waals surface area contributed by atoms with Crippen molar-refractivity contribution in [1.82, 2.24) is 15.5 Å². The minimum atomic E-state index is -0.391. The van der Waals surface area contributed by atoms with Crippen LogP contribution in [0.3, 0.4) is 0 Å². The second-order valence-corrected chi connectivity index (χ2v) is 5.91. The lowest BCUT2D eigenvalue weighted by molar-refractivity contribution is 0.0932. The number of furan rings is 1. The molecule has 0 fully saturated rings. The van der Waals surface area contributed by atoms with Crippen molar-refractivity contribution in [3.63, 3.8) is 0 Å². The average Bonchev–Trinajstić information content (AvgIpc) is 3.07. The Morgan fingerprint density at radius 2 is 2.19 bits per heavy atom. The molecule has 1 unspecified atom stereocenters. The molecule has 0 aliphatic heterocycles. The molecule has 2 aromatic heterocycles. The Kier molecular flexibility index (Phi) is 4.13. The lowest BCUT2D eigenvalue weighted by Gasteiger charge is -2.11. The third-order valence-electron chi connectivity index (χ3n) is 2.95. The van der Waals surface area contributed by atoms with Gasteiger partial charge >= 0.3 is 0 Å². The van der Waals surface area contributed by atoms with Crippen LogP contribution >= 0.6 is 0 Å². The average molecular weight is 292 g/mol. The van der Waals surface area contributed by atoms with Crippen LogP contribution in [0.15, 0.2) is 21.3 Å². The lowest BCUT2D eigenvalue weighted by Crippen LogP contribution is -2.26. The SMILES string of the molecule is CC(NC(=O)c1coc(CN)c1)c1nc(C(C)(C)C)no1. The second kappa shape index (κ2) is 5.69. The van der Waals surface area contributed by atoms with E-state index < -0.39 is 6.04 Å². The van der Waals surface area contributed by atoms with Crippen LogP contribution in [-0.2, 0) is 12.0 Å². The molecule has 0 aliphatic carbocycles. The van der Waals surface area contributed by atoms with Gasteiger partial charge in [-0.2, -0.15) is 4.98 Å². The quantitative estimate of drug-likeness (QED) is 0.891. The van der Waals surface area contributed by atoms with E-state index in [4.69, 9.17) is 14.7 Å². The number of nitrogens with zero attached hydrogens (tertiary/aromatic N) is 2. The molecule has 0 radical (unpaired) electrons. The van der Waals surface area contributed by atoms with Crippen LogP contribution in [0.2, 0.25) is 0 Å². The first kappa shape index (κ1) is 15.2. The fourth-order valence-electron chi connectivity index (χ4n) is 1.66.